The number of quaternary nitrogens is 1. The number of aliphatic hydroxyl groups excluding tert-OH is 3. The second kappa shape index (κ2) is 3.60. The van der Waals surface area contributed by atoms with Gasteiger partial charge in [-0.05, 0) is 12.2 Å². The number of nitrogens with zero attached hydrogens (tertiary/aromatic N) is 1. The van der Waals surface area contributed by atoms with E-state index < -0.39 is 40.3 Å². The van der Waals surface area contributed by atoms with Crippen molar-refractivity contribution in [3.8, 4) is 0 Å². The summed E-state index contributed by atoms with van der Waals surface area (Å²) >= 11 is 0. The van der Waals surface area contributed by atoms with Crippen LogP contribution in [-0.4, -0.2) is 66.3 Å². The smallest absolute Gasteiger partial charge is 0.328 e. The number of carbonyl (C=O) groups is 1. The summed E-state index contributed by atoms with van der Waals surface area (Å²) < 4.78 is -1.59. The Morgan fingerprint density at radius 1 is 1.33 bits per heavy atom. The maximum absolute atomic E-state index is 11.7. The number of rotatable bonds is 0. The molecule has 0 fully saturated rings. The van der Waals surface area contributed by atoms with Gasteiger partial charge in [-0.3, -0.25) is 4.79 Å². The van der Waals surface area contributed by atoms with Crippen molar-refractivity contribution < 1.29 is 40.2 Å². The Morgan fingerprint density at radius 3 is 2.44 bits per heavy atom. The van der Waals surface area contributed by atoms with Gasteiger partial charge >= 0.3 is 5.88 Å². The number of ketones is 1. The highest BCUT2D eigenvalue weighted by Crippen LogP contribution is 2.42. The molecule has 0 aromatic heterocycles. The van der Waals surface area contributed by atoms with E-state index >= 15 is 0 Å². The van der Waals surface area contributed by atoms with Gasteiger partial charge in [-0.2, -0.15) is 0 Å². The van der Waals surface area contributed by atoms with Crippen LogP contribution in [0, 0.1) is 5.92 Å². The Labute approximate surface area is 101 Å². The minimum Gasteiger partial charge on any atom is -0.465 e. The predicted molar refractivity (Wildman–Crippen MR) is 54.4 cm³/mol. The minimum atomic E-state index is -3.01. The highest BCUT2D eigenvalue weighted by Gasteiger charge is 2.64. The lowest BCUT2D eigenvalue weighted by Gasteiger charge is -2.44. The maximum atomic E-state index is 11.7. The fraction of sp³-hybridized carbons (Fsp3) is 0.500. The average molecular weight is 260 g/mol. The summed E-state index contributed by atoms with van der Waals surface area (Å²) in [6.07, 6.45) is -1.67. The Balaban J connectivity index is 2.69. The van der Waals surface area contributed by atoms with Crippen LogP contribution in [0.1, 0.15) is 0 Å². The van der Waals surface area contributed by atoms with Gasteiger partial charge in [0, 0.05) is 0 Å². The van der Waals surface area contributed by atoms with Crippen LogP contribution in [0.4, 0.5) is 0 Å². The van der Waals surface area contributed by atoms with Crippen LogP contribution in [0.25, 0.3) is 0 Å². The number of likely N-dealkylation sites (N-methyl/N-ethyl adjacent to an activating group) is 1. The summed E-state index contributed by atoms with van der Waals surface area (Å²) in [5, 5.41) is 58.1. The highest BCUT2D eigenvalue weighted by molar-refractivity contribution is 5.92. The maximum Gasteiger partial charge on any atom is 0.328 e. The molecule has 8 heteroatoms. The molecule has 2 aliphatic rings. The van der Waals surface area contributed by atoms with Crippen LogP contribution in [0.15, 0.2) is 23.6 Å². The van der Waals surface area contributed by atoms with E-state index in [2.05, 4.69) is 0 Å². The van der Waals surface area contributed by atoms with E-state index in [-0.39, 0.29) is 5.57 Å². The van der Waals surface area contributed by atoms with E-state index in [1.54, 1.807) is 0 Å². The van der Waals surface area contributed by atoms with Gasteiger partial charge in [-0.1, -0.05) is 4.65 Å². The summed E-state index contributed by atoms with van der Waals surface area (Å²) in [5.41, 5.74) is -0.259. The number of hydroxylamine groups is 3. The quantitative estimate of drug-likeness (QED) is 0.213. The van der Waals surface area contributed by atoms with Crippen molar-refractivity contribution in [2.45, 2.75) is 18.1 Å². The summed E-state index contributed by atoms with van der Waals surface area (Å²) in [4.78, 5) is 11.7. The van der Waals surface area contributed by atoms with Crippen molar-refractivity contribution >= 4 is 5.78 Å². The third-order valence-electron chi connectivity index (χ3n) is 3.31. The summed E-state index contributed by atoms with van der Waals surface area (Å²) in [6.45, 7) is 0. The zero-order chi connectivity index (χ0) is 13.9. The van der Waals surface area contributed by atoms with Gasteiger partial charge in [-0.15, -0.1) is 0 Å². The molecule has 0 bridgehead atoms. The second-order valence-corrected chi connectivity index (χ2v) is 4.60. The molecule has 1 aliphatic carbocycles. The van der Waals surface area contributed by atoms with Crippen molar-refractivity contribution in [1.29, 1.82) is 0 Å². The first-order valence-corrected chi connectivity index (χ1v) is 5.17. The van der Waals surface area contributed by atoms with Gasteiger partial charge in [0.1, 0.15) is 19.1 Å². The predicted octanol–water partition coefficient (Wildman–Crippen LogP) is -2.28. The molecule has 1 aliphatic heterocycles. The van der Waals surface area contributed by atoms with Gasteiger partial charge in [0.15, 0.2) is 5.78 Å². The van der Waals surface area contributed by atoms with Crippen molar-refractivity contribution in [3.63, 3.8) is 0 Å². The molecule has 0 radical (unpaired) electrons. The van der Waals surface area contributed by atoms with E-state index in [9.17, 15) is 35.5 Å². The van der Waals surface area contributed by atoms with E-state index in [4.69, 9.17) is 0 Å². The van der Waals surface area contributed by atoms with Crippen molar-refractivity contribution in [2.75, 3.05) is 7.05 Å². The minimum absolute atomic E-state index is 0.259. The number of allylic oxidation sites excluding steroid dienone is 1. The molecule has 4 atom stereocenters. The fourth-order valence-electron chi connectivity index (χ4n) is 2.25. The number of carbonyl (C=O) groups excluding carboxylic acids is 1. The molecule has 1 heterocycles. The number of Topliss-reactive ketones (excluding diaryl/α,β-unsaturated/α-hetero) is 1. The van der Waals surface area contributed by atoms with Gasteiger partial charge in [0.25, 0.3) is 12.0 Å². The van der Waals surface area contributed by atoms with E-state index in [0.717, 1.165) is 19.2 Å². The Kier molecular flexibility index (Phi) is 2.63. The molecule has 0 aromatic rings. The van der Waals surface area contributed by atoms with Crippen molar-refractivity contribution in [3.05, 3.63) is 23.6 Å². The standard InChI is InChI=1S/C10H13NO7/c1-11(18)8(14)4-2-3-5(12)7(13)6(4)10(16,17)9(11)15/h2-3,5-6,9,12,15-18H,1H3/p+1. The second-order valence-electron chi connectivity index (χ2n) is 4.60. The Morgan fingerprint density at radius 2 is 1.89 bits per heavy atom. The van der Waals surface area contributed by atoms with Gasteiger partial charge in [0.2, 0.25) is 0 Å². The molecule has 0 amide bonds. The lowest BCUT2D eigenvalue weighted by Crippen LogP contribution is -2.69. The molecule has 0 aromatic carbocycles. The third-order valence-corrected chi connectivity index (χ3v) is 3.31. The molecule has 4 unspecified atom stereocenters. The van der Waals surface area contributed by atoms with Gasteiger partial charge in [-0.25, -0.2) is 5.21 Å². The van der Waals surface area contributed by atoms with Crippen molar-refractivity contribution in [1.82, 2.24) is 0 Å². The number of hydrogen-bond acceptors (Lipinski definition) is 7. The number of fused-ring (bicyclic) bond motifs is 1. The number of hydrogen-bond donors (Lipinski definition) is 6. The first-order valence-electron chi connectivity index (χ1n) is 5.17. The summed E-state index contributed by atoms with van der Waals surface area (Å²) in [5.74, 6) is -6.51. The highest BCUT2D eigenvalue weighted by atomic mass is 16.6. The lowest BCUT2D eigenvalue weighted by molar-refractivity contribution is -1.11. The molecular weight excluding hydrogens is 246 g/mol. The summed E-state index contributed by atoms with van der Waals surface area (Å²) in [7, 11) is 0.924. The molecular formula is C10H14NO7+. The van der Waals surface area contributed by atoms with E-state index in [1.165, 1.54) is 0 Å². The zero-order valence-corrected chi connectivity index (χ0v) is 9.43. The molecule has 8 nitrogen and oxygen atoms in total. The van der Waals surface area contributed by atoms with Crippen LogP contribution in [0.2, 0.25) is 0 Å². The molecule has 18 heavy (non-hydrogen) atoms. The van der Waals surface area contributed by atoms with E-state index in [1.807, 2.05) is 0 Å². The van der Waals surface area contributed by atoms with Crippen molar-refractivity contribution in [2.24, 2.45) is 5.92 Å². The summed E-state index contributed by atoms with van der Waals surface area (Å²) in [6, 6.07) is 0. The first-order chi connectivity index (χ1) is 8.11. The largest absolute Gasteiger partial charge is 0.465 e. The van der Waals surface area contributed by atoms with Gasteiger partial charge < -0.3 is 25.5 Å². The van der Waals surface area contributed by atoms with Crippen LogP contribution < -0.4 is 0 Å². The van der Waals surface area contributed by atoms with E-state index in [0.29, 0.717) is 0 Å². The van der Waals surface area contributed by atoms with Crippen LogP contribution in [0.5, 0.6) is 0 Å². The SMILES string of the molecule is C[N+]1(O)C(O)=C2C=CC(O)C(=O)C2C(O)(O)C1O. The van der Waals surface area contributed by atoms with Gasteiger partial charge in [0.05, 0.1) is 5.57 Å². The van der Waals surface area contributed by atoms with Crippen LogP contribution in [0.3, 0.4) is 0 Å². The molecule has 6 N–H and O–H groups in total. The zero-order valence-electron chi connectivity index (χ0n) is 9.43. The normalized spacial score (nSPS) is 43.0. The van der Waals surface area contributed by atoms with Crippen LogP contribution >= 0.6 is 0 Å². The molecule has 100 valence electrons. The molecule has 2 rings (SSSR count). The third kappa shape index (κ3) is 1.45. The topological polar surface area (TPSA) is 138 Å². The molecule has 0 saturated carbocycles. The lowest BCUT2D eigenvalue weighted by atomic mass is 9.77. The average Bonchev–Trinajstić information content (AvgIpc) is 2.28. The Hall–Kier alpha value is -1.29. The number of aliphatic hydroxyl groups is 5. The fourth-order valence-corrected chi connectivity index (χ4v) is 2.25. The molecule has 0 spiro atoms. The Bertz CT molecular complexity index is 465. The van der Waals surface area contributed by atoms with Crippen LogP contribution in [-0.2, 0) is 4.79 Å². The first kappa shape index (κ1) is 13.1. The molecule has 0 saturated heterocycles. The monoisotopic (exact) mass is 260 g/mol.